The molecule has 1 N–H and O–H groups in total. The second-order valence-corrected chi connectivity index (χ2v) is 9.58. The molecule has 1 fully saturated rings. The average molecular weight is 396 g/mol. The Morgan fingerprint density at radius 2 is 2.08 bits per heavy atom. The molecule has 0 spiro atoms. The van der Waals surface area contributed by atoms with E-state index in [1.807, 2.05) is 26.1 Å². The van der Waals surface area contributed by atoms with Crippen LogP contribution in [0.2, 0.25) is 5.15 Å². The summed E-state index contributed by atoms with van der Waals surface area (Å²) in [6.45, 7) is 8.90. The molecule has 1 aromatic carbocycles. The van der Waals surface area contributed by atoms with E-state index in [4.69, 9.17) is 11.6 Å². The third-order valence-electron chi connectivity index (χ3n) is 5.08. The Bertz CT molecular complexity index is 914. The minimum absolute atomic E-state index is 0.0633. The lowest BCUT2D eigenvalue weighted by atomic mass is 9.92. The van der Waals surface area contributed by atoms with Crippen LogP contribution in [-0.2, 0) is 10.0 Å². The van der Waals surface area contributed by atoms with Gasteiger partial charge in [0.25, 0.3) is 0 Å². The number of hydrogen-bond acceptors (Lipinski definition) is 4. The van der Waals surface area contributed by atoms with Gasteiger partial charge in [-0.3, -0.25) is 0 Å². The van der Waals surface area contributed by atoms with Crippen molar-refractivity contribution in [2.24, 2.45) is 0 Å². The zero-order valence-corrected chi connectivity index (χ0v) is 17.2. The van der Waals surface area contributed by atoms with Crippen LogP contribution >= 0.6 is 11.6 Å². The molecule has 142 valence electrons. The number of nitrogens with zero attached hydrogens (tertiary/aromatic N) is 2. The number of nitrogens with one attached hydrogen (secondary N) is 1. The van der Waals surface area contributed by atoms with Crippen LogP contribution in [0.5, 0.6) is 0 Å². The predicted octanol–water partition coefficient (Wildman–Crippen LogP) is 3.92. The fourth-order valence-electron chi connectivity index (χ4n) is 3.60. The molecule has 2 atom stereocenters. The monoisotopic (exact) mass is 395 g/mol. The van der Waals surface area contributed by atoms with E-state index in [1.165, 1.54) is 5.56 Å². The number of hydrogen-bond donors (Lipinski definition) is 1. The summed E-state index contributed by atoms with van der Waals surface area (Å²) in [6.07, 6.45) is 2.44. The fraction of sp³-hybridized carbons (Fsp3) is 0.526. The van der Waals surface area contributed by atoms with Crippen molar-refractivity contribution < 1.29 is 8.42 Å². The smallest absolute Gasteiger partial charge is 0.211 e. The first-order chi connectivity index (χ1) is 12.2. The second-order valence-electron chi connectivity index (χ2n) is 7.32. The first-order valence-corrected chi connectivity index (χ1v) is 11.1. The normalized spacial score (nSPS) is 20.6. The van der Waals surface area contributed by atoms with Crippen LogP contribution in [-0.4, -0.2) is 37.8 Å². The summed E-state index contributed by atoms with van der Waals surface area (Å²) in [5, 5.41) is 2.65. The second kappa shape index (κ2) is 7.33. The standard InChI is InChI=1S/C19H26ClN3O2S/c1-5-8-26(24,25)22-17-11-23(13(17)4)18-7-6-14(12(2)3)15-9-19(20)21-10-16(15)18/h6-7,9-10,12-13,17,22H,5,8,11H2,1-4H3/t13-,17+/m1/s1. The van der Waals surface area contributed by atoms with Crippen LogP contribution < -0.4 is 9.62 Å². The van der Waals surface area contributed by atoms with Gasteiger partial charge >= 0.3 is 0 Å². The first-order valence-electron chi connectivity index (χ1n) is 9.08. The van der Waals surface area contributed by atoms with Crippen LogP contribution in [0.1, 0.15) is 45.6 Å². The molecule has 0 amide bonds. The van der Waals surface area contributed by atoms with Crippen molar-refractivity contribution in [2.75, 3.05) is 17.2 Å². The van der Waals surface area contributed by atoms with Gasteiger partial charge in [0.2, 0.25) is 10.0 Å². The van der Waals surface area contributed by atoms with Gasteiger partial charge in [0.15, 0.2) is 0 Å². The Balaban J connectivity index is 1.90. The summed E-state index contributed by atoms with van der Waals surface area (Å²) in [7, 11) is -3.20. The summed E-state index contributed by atoms with van der Waals surface area (Å²) in [5.41, 5.74) is 2.31. The topological polar surface area (TPSA) is 62.3 Å². The highest BCUT2D eigenvalue weighted by molar-refractivity contribution is 7.89. The van der Waals surface area contributed by atoms with E-state index in [1.54, 1.807) is 0 Å². The Hall–Kier alpha value is -1.37. The zero-order valence-electron chi connectivity index (χ0n) is 15.7. The summed E-state index contributed by atoms with van der Waals surface area (Å²) in [5.74, 6) is 0.553. The summed E-state index contributed by atoms with van der Waals surface area (Å²) in [4.78, 5) is 6.49. The van der Waals surface area contributed by atoms with Gasteiger partial charge in [0.1, 0.15) is 5.15 Å². The molecule has 5 nitrogen and oxygen atoms in total. The van der Waals surface area contributed by atoms with Crippen LogP contribution in [0.4, 0.5) is 5.69 Å². The lowest BCUT2D eigenvalue weighted by Gasteiger charge is -2.48. The van der Waals surface area contributed by atoms with Gasteiger partial charge in [-0.2, -0.15) is 0 Å². The van der Waals surface area contributed by atoms with Gasteiger partial charge in [-0.1, -0.05) is 38.4 Å². The van der Waals surface area contributed by atoms with Crippen molar-refractivity contribution in [3.63, 3.8) is 0 Å². The molecular weight excluding hydrogens is 370 g/mol. The molecule has 0 radical (unpaired) electrons. The van der Waals surface area contributed by atoms with Gasteiger partial charge < -0.3 is 4.90 Å². The van der Waals surface area contributed by atoms with Crippen LogP contribution in [0.3, 0.4) is 0 Å². The van der Waals surface area contributed by atoms with Crippen LogP contribution in [0, 0.1) is 0 Å². The van der Waals surface area contributed by atoms with Gasteiger partial charge in [-0.25, -0.2) is 18.1 Å². The minimum Gasteiger partial charge on any atom is -0.365 e. The number of anilines is 1. The van der Waals surface area contributed by atoms with Crippen molar-refractivity contribution >= 4 is 38.1 Å². The number of fused-ring (bicyclic) bond motifs is 1. The number of pyridine rings is 1. The van der Waals surface area contributed by atoms with Crippen molar-refractivity contribution in [2.45, 2.75) is 52.1 Å². The Morgan fingerprint density at radius 3 is 2.69 bits per heavy atom. The number of aromatic nitrogens is 1. The molecule has 1 aromatic heterocycles. The molecule has 3 rings (SSSR count). The predicted molar refractivity (Wildman–Crippen MR) is 109 cm³/mol. The third kappa shape index (κ3) is 3.68. The molecular formula is C19H26ClN3O2S. The average Bonchev–Trinajstić information content (AvgIpc) is 2.56. The lowest BCUT2D eigenvalue weighted by Crippen LogP contribution is -2.66. The van der Waals surface area contributed by atoms with Gasteiger partial charge in [-0.05, 0) is 42.3 Å². The molecule has 0 unspecified atom stereocenters. The summed E-state index contributed by atoms with van der Waals surface area (Å²) < 4.78 is 26.9. The summed E-state index contributed by atoms with van der Waals surface area (Å²) >= 11 is 6.13. The van der Waals surface area contributed by atoms with Crippen LogP contribution in [0.25, 0.3) is 10.8 Å². The number of halogens is 1. The van der Waals surface area contributed by atoms with Gasteiger partial charge in [-0.15, -0.1) is 0 Å². The van der Waals surface area contributed by atoms with Crippen molar-refractivity contribution in [1.29, 1.82) is 0 Å². The highest BCUT2D eigenvalue weighted by Gasteiger charge is 2.38. The molecule has 26 heavy (non-hydrogen) atoms. The van der Waals surface area contributed by atoms with Crippen molar-refractivity contribution in [3.8, 4) is 0 Å². The van der Waals surface area contributed by atoms with E-state index in [2.05, 4.69) is 40.6 Å². The quantitative estimate of drug-likeness (QED) is 0.753. The SMILES string of the molecule is CCCS(=O)(=O)N[C@H]1CN(c2ccc(C(C)C)c3cc(Cl)ncc23)[C@@H]1C. The zero-order chi connectivity index (χ0) is 19.1. The number of rotatable bonds is 6. The molecule has 0 saturated carbocycles. The number of benzene rings is 1. The molecule has 1 aliphatic rings. The first kappa shape index (κ1) is 19.4. The van der Waals surface area contributed by atoms with Crippen molar-refractivity contribution in [3.05, 3.63) is 35.1 Å². The number of sulfonamides is 1. The molecule has 2 heterocycles. The highest BCUT2D eigenvalue weighted by Crippen LogP contribution is 2.37. The maximum Gasteiger partial charge on any atom is 0.211 e. The molecule has 1 aliphatic heterocycles. The molecule has 2 aromatic rings. The van der Waals surface area contributed by atoms with Gasteiger partial charge in [0, 0.05) is 29.9 Å². The molecule has 7 heteroatoms. The summed E-state index contributed by atoms with van der Waals surface area (Å²) in [6, 6.07) is 6.19. The Morgan fingerprint density at radius 1 is 1.35 bits per heavy atom. The molecule has 0 bridgehead atoms. The van der Waals surface area contributed by atoms with Crippen molar-refractivity contribution in [1.82, 2.24) is 9.71 Å². The van der Waals surface area contributed by atoms with E-state index >= 15 is 0 Å². The van der Waals surface area contributed by atoms with E-state index in [9.17, 15) is 8.42 Å². The fourth-order valence-corrected chi connectivity index (χ4v) is 5.14. The lowest BCUT2D eigenvalue weighted by molar-refractivity contribution is 0.375. The van der Waals surface area contributed by atoms with Gasteiger partial charge in [0.05, 0.1) is 11.8 Å². The van der Waals surface area contributed by atoms with E-state index in [-0.39, 0.29) is 17.8 Å². The molecule has 0 aliphatic carbocycles. The van der Waals surface area contributed by atoms with E-state index < -0.39 is 10.0 Å². The van der Waals surface area contributed by atoms with E-state index in [0.29, 0.717) is 24.0 Å². The minimum atomic E-state index is -3.20. The maximum atomic E-state index is 12.0. The third-order valence-corrected chi connectivity index (χ3v) is 6.90. The highest BCUT2D eigenvalue weighted by atomic mass is 35.5. The largest absolute Gasteiger partial charge is 0.365 e. The Kier molecular flexibility index (Phi) is 5.47. The van der Waals surface area contributed by atoms with Crippen LogP contribution in [0.15, 0.2) is 24.4 Å². The Labute approximate surface area is 160 Å². The molecule has 1 saturated heterocycles. The maximum absolute atomic E-state index is 12.0. The van der Waals surface area contributed by atoms with E-state index in [0.717, 1.165) is 16.5 Å².